The summed E-state index contributed by atoms with van der Waals surface area (Å²) in [5.41, 5.74) is -0.129. The van der Waals surface area contributed by atoms with Crippen LogP contribution in [0, 0.1) is 16.0 Å². The molecule has 11 heteroatoms. The topological polar surface area (TPSA) is 145 Å². The van der Waals surface area contributed by atoms with Crippen molar-refractivity contribution >= 4 is 35.1 Å². The Hall–Kier alpha value is -4.28. The SMILES string of the molecule is COc1ccc(NC(=O)C(C)OC(=O)C(CC(C)C)N2C(=O)c3ccccc3C2=O)c([N+](=O)[O-])c1. The van der Waals surface area contributed by atoms with E-state index < -0.39 is 46.4 Å². The van der Waals surface area contributed by atoms with Crippen LogP contribution in [0.2, 0.25) is 0 Å². The third kappa shape index (κ3) is 5.29. The van der Waals surface area contributed by atoms with Gasteiger partial charge in [0.1, 0.15) is 17.5 Å². The first kappa shape index (κ1) is 25.3. The second kappa shape index (κ2) is 10.3. The van der Waals surface area contributed by atoms with Crippen LogP contribution in [0.25, 0.3) is 0 Å². The molecule has 0 saturated carbocycles. The van der Waals surface area contributed by atoms with Crippen molar-refractivity contribution in [2.24, 2.45) is 5.92 Å². The minimum atomic E-state index is -1.37. The van der Waals surface area contributed by atoms with Gasteiger partial charge in [0.05, 0.1) is 29.2 Å². The minimum absolute atomic E-state index is 0.0806. The summed E-state index contributed by atoms with van der Waals surface area (Å²) in [6.45, 7) is 4.92. The molecule has 0 aromatic heterocycles. The quantitative estimate of drug-likeness (QED) is 0.248. The normalized spacial score (nSPS) is 14.4. The number of carbonyl (C=O) groups excluding carboxylic acids is 4. The molecule has 35 heavy (non-hydrogen) atoms. The van der Waals surface area contributed by atoms with E-state index in [4.69, 9.17) is 9.47 Å². The largest absolute Gasteiger partial charge is 0.496 e. The Morgan fingerprint density at radius 3 is 2.17 bits per heavy atom. The number of nitro benzene ring substituents is 1. The lowest BCUT2D eigenvalue weighted by atomic mass is 10.0. The van der Waals surface area contributed by atoms with Crippen LogP contribution in [0.15, 0.2) is 42.5 Å². The molecule has 2 aromatic carbocycles. The smallest absolute Gasteiger partial charge is 0.330 e. The molecule has 2 atom stereocenters. The number of methoxy groups -OCH3 is 1. The summed E-state index contributed by atoms with van der Waals surface area (Å²) in [4.78, 5) is 63.0. The summed E-state index contributed by atoms with van der Waals surface area (Å²) < 4.78 is 10.3. The predicted octanol–water partition coefficient (Wildman–Crippen LogP) is 3.18. The van der Waals surface area contributed by atoms with E-state index in [1.165, 1.54) is 38.3 Å². The standard InChI is InChI=1S/C24H25N3O8/c1-13(2)11-20(26-22(29)16-7-5-6-8-17(16)23(26)30)24(31)35-14(3)21(28)25-18-10-9-15(34-4)12-19(18)27(32)33/h5-10,12-14,20H,11H2,1-4H3,(H,25,28). The van der Waals surface area contributed by atoms with E-state index in [9.17, 15) is 29.3 Å². The fraction of sp³-hybridized carbons (Fsp3) is 0.333. The molecule has 3 amide bonds. The Bertz CT molecular complexity index is 1160. The molecule has 11 nitrogen and oxygen atoms in total. The van der Waals surface area contributed by atoms with E-state index in [1.54, 1.807) is 12.1 Å². The van der Waals surface area contributed by atoms with E-state index in [0.29, 0.717) is 0 Å². The van der Waals surface area contributed by atoms with Crippen LogP contribution in [0.5, 0.6) is 5.75 Å². The molecule has 0 saturated heterocycles. The predicted molar refractivity (Wildman–Crippen MR) is 124 cm³/mol. The highest BCUT2D eigenvalue weighted by molar-refractivity contribution is 6.22. The molecular weight excluding hydrogens is 458 g/mol. The first-order valence-electron chi connectivity index (χ1n) is 10.9. The highest BCUT2D eigenvalue weighted by Gasteiger charge is 2.44. The van der Waals surface area contributed by atoms with Gasteiger partial charge >= 0.3 is 5.97 Å². The second-order valence-corrected chi connectivity index (χ2v) is 8.38. The number of anilines is 1. The maximum absolute atomic E-state index is 13.1. The van der Waals surface area contributed by atoms with Gasteiger partial charge in [0.15, 0.2) is 6.10 Å². The van der Waals surface area contributed by atoms with E-state index in [1.807, 2.05) is 13.8 Å². The first-order valence-corrected chi connectivity index (χ1v) is 10.9. The van der Waals surface area contributed by atoms with Gasteiger partial charge in [-0.1, -0.05) is 26.0 Å². The van der Waals surface area contributed by atoms with Gasteiger partial charge in [-0.05, 0) is 43.5 Å². The van der Waals surface area contributed by atoms with E-state index >= 15 is 0 Å². The van der Waals surface area contributed by atoms with Crippen molar-refractivity contribution in [1.82, 2.24) is 4.90 Å². The lowest BCUT2D eigenvalue weighted by molar-refractivity contribution is -0.384. The summed E-state index contributed by atoms with van der Waals surface area (Å²) in [7, 11) is 1.35. The molecule has 1 N–H and O–H groups in total. The lowest BCUT2D eigenvalue weighted by Gasteiger charge is -2.27. The Morgan fingerprint density at radius 2 is 1.66 bits per heavy atom. The Kier molecular flexibility index (Phi) is 7.48. The van der Waals surface area contributed by atoms with E-state index in [0.717, 1.165) is 11.0 Å². The number of nitro groups is 1. The molecule has 2 unspecified atom stereocenters. The maximum Gasteiger partial charge on any atom is 0.330 e. The van der Waals surface area contributed by atoms with Gasteiger partial charge in [0, 0.05) is 0 Å². The number of amides is 3. The van der Waals surface area contributed by atoms with Crippen LogP contribution in [0.1, 0.15) is 47.9 Å². The van der Waals surface area contributed by atoms with E-state index in [-0.39, 0.29) is 34.9 Å². The Morgan fingerprint density at radius 1 is 1.06 bits per heavy atom. The fourth-order valence-electron chi connectivity index (χ4n) is 3.68. The third-order valence-corrected chi connectivity index (χ3v) is 5.43. The highest BCUT2D eigenvalue weighted by Crippen LogP contribution is 2.30. The average molecular weight is 483 g/mol. The van der Waals surface area contributed by atoms with Crippen molar-refractivity contribution < 1.29 is 33.6 Å². The maximum atomic E-state index is 13.1. The van der Waals surface area contributed by atoms with Crippen LogP contribution in [0.3, 0.4) is 0 Å². The van der Waals surface area contributed by atoms with Crippen LogP contribution in [0.4, 0.5) is 11.4 Å². The fourth-order valence-corrected chi connectivity index (χ4v) is 3.68. The molecule has 3 rings (SSSR count). The zero-order chi connectivity index (χ0) is 25.9. The average Bonchev–Trinajstić information content (AvgIpc) is 3.07. The van der Waals surface area contributed by atoms with Gasteiger partial charge in [0.2, 0.25) is 0 Å². The summed E-state index contributed by atoms with van der Waals surface area (Å²) >= 11 is 0. The molecule has 1 aliphatic rings. The summed E-state index contributed by atoms with van der Waals surface area (Å²) in [5.74, 6) is -2.83. The molecular formula is C24H25N3O8. The number of hydrogen-bond acceptors (Lipinski definition) is 8. The number of ether oxygens (including phenoxy) is 2. The van der Waals surface area contributed by atoms with Gasteiger partial charge < -0.3 is 14.8 Å². The van der Waals surface area contributed by atoms with Crippen molar-refractivity contribution in [1.29, 1.82) is 0 Å². The number of imide groups is 1. The molecule has 0 aliphatic carbocycles. The van der Waals surface area contributed by atoms with Crippen LogP contribution >= 0.6 is 0 Å². The Balaban J connectivity index is 1.77. The van der Waals surface area contributed by atoms with Crippen molar-refractivity contribution in [2.75, 3.05) is 12.4 Å². The number of esters is 1. The monoisotopic (exact) mass is 483 g/mol. The van der Waals surface area contributed by atoms with Gasteiger partial charge in [-0.3, -0.25) is 29.4 Å². The van der Waals surface area contributed by atoms with Gasteiger partial charge in [-0.15, -0.1) is 0 Å². The summed E-state index contributed by atoms with van der Waals surface area (Å²) in [5, 5.41) is 13.7. The zero-order valence-corrected chi connectivity index (χ0v) is 19.6. The van der Waals surface area contributed by atoms with Crippen molar-refractivity contribution in [3.05, 3.63) is 63.7 Å². The van der Waals surface area contributed by atoms with Crippen LogP contribution in [-0.2, 0) is 14.3 Å². The number of fused-ring (bicyclic) bond motifs is 1. The molecule has 0 spiro atoms. The number of nitrogens with zero attached hydrogens (tertiary/aromatic N) is 2. The molecule has 184 valence electrons. The molecule has 0 fully saturated rings. The first-order chi connectivity index (χ1) is 16.5. The highest BCUT2D eigenvalue weighted by atomic mass is 16.6. The molecule has 1 aliphatic heterocycles. The van der Waals surface area contributed by atoms with Gasteiger partial charge in [-0.25, -0.2) is 4.79 Å². The number of carbonyl (C=O) groups is 4. The molecule has 1 heterocycles. The van der Waals surface area contributed by atoms with E-state index in [2.05, 4.69) is 5.32 Å². The van der Waals surface area contributed by atoms with Crippen molar-refractivity contribution in [2.45, 2.75) is 39.3 Å². The summed E-state index contributed by atoms with van der Waals surface area (Å²) in [6, 6.07) is 8.88. The summed E-state index contributed by atoms with van der Waals surface area (Å²) in [6.07, 6.45) is -1.24. The van der Waals surface area contributed by atoms with Crippen LogP contribution < -0.4 is 10.1 Å². The van der Waals surface area contributed by atoms with Gasteiger partial charge in [0.25, 0.3) is 23.4 Å². The van der Waals surface area contributed by atoms with Crippen LogP contribution in [-0.4, -0.2) is 52.8 Å². The number of hydrogen-bond donors (Lipinski definition) is 1. The second-order valence-electron chi connectivity index (χ2n) is 8.38. The van der Waals surface area contributed by atoms with Crippen molar-refractivity contribution in [3.8, 4) is 5.75 Å². The number of benzene rings is 2. The lowest BCUT2D eigenvalue weighted by Crippen LogP contribution is -2.48. The Labute approximate surface area is 201 Å². The minimum Gasteiger partial charge on any atom is -0.496 e. The zero-order valence-electron chi connectivity index (χ0n) is 19.6. The third-order valence-electron chi connectivity index (χ3n) is 5.43. The van der Waals surface area contributed by atoms with Gasteiger partial charge in [-0.2, -0.15) is 0 Å². The molecule has 2 aromatic rings. The molecule has 0 bridgehead atoms. The molecule has 0 radical (unpaired) electrons. The number of rotatable bonds is 9. The van der Waals surface area contributed by atoms with Crippen molar-refractivity contribution in [3.63, 3.8) is 0 Å². The number of nitrogens with one attached hydrogen (secondary N) is 1.